The topological polar surface area (TPSA) is 0 Å². The molecule has 0 saturated carbocycles. The van der Waals surface area contributed by atoms with Crippen molar-refractivity contribution in [2.45, 2.75) is 19.3 Å². The van der Waals surface area contributed by atoms with Gasteiger partial charge in [-0.1, -0.05) is 104 Å². The predicted molar refractivity (Wildman–Crippen MR) is 122 cm³/mol. The van der Waals surface area contributed by atoms with Crippen molar-refractivity contribution >= 4 is 11.1 Å². The maximum absolute atomic E-state index is 2.40. The fourth-order valence-corrected chi connectivity index (χ4v) is 5.92. The van der Waals surface area contributed by atoms with E-state index in [1.165, 1.54) is 38.3 Å². The fraction of sp³-hybridized carbons (Fsp3) is 0.172. The van der Waals surface area contributed by atoms with E-state index in [0.29, 0.717) is 17.8 Å². The molecule has 32 heavy (non-hydrogen) atoms. The van der Waals surface area contributed by atoms with E-state index in [1.807, 2.05) is 0 Å². The van der Waals surface area contributed by atoms with Crippen LogP contribution >= 0.6 is 0 Å². The van der Waals surface area contributed by atoms with Gasteiger partial charge in [-0.05, 0) is 56.2 Å². The number of rotatable bonds is 3. The van der Waals surface area contributed by atoms with Crippen LogP contribution in [-0.2, 0) is 26.2 Å². The van der Waals surface area contributed by atoms with Crippen LogP contribution in [-0.4, -0.2) is 0 Å². The van der Waals surface area contributed by atoms with Crippen molar-refractivity contribution in [3.8, 4) is 11.1 Å². The van der Waals surface area contributed by atoms with E-state index in [2.05, 4.69) is 104 Å². The molecule has 3 aromatic carbocycles. The van der Waals surface area contributed by atoms with E-state index >= 15 is 0 Å². The molecule has 0 nitrogen and oxygen atoms in total. The first-order valence-corrected chi connectivity index (χ1v) is 10.7. The molecule has 0 amide bonds. The van der Waals surface area contributed by atoms with Crippen LogP contribution in [0.15, 0.2) is 97.1 Å². The van der Waals surface area contributed by atoms with Crippen molar-refractivity contribution in [3.05, 3.63) is 119 Å². The zero-order chi connectivity index (χ0) is 19.4. The third-order valence-electron chi connectivity index (χ3n) is 7.03. The van der Waals surface area contributed by atoms with E-state index in [9.17, 15) is 0 Å². The summed E-state index contributed by atoms with van der Waals surface area (Å²) in [7, 11) is 0. The van der Waals surface area contributed by atoms with Crippen LogP contribution in [0.4, 0.5) is 0 Å². The Morgan fingerprint density at radius 2 is 1.28 bits per heavy atom. The van der Waals surface area contributed by atoms with Gasteiger partial charge in [0.05, 0.1) is 0 Å². The minimum absolute atomic E-state index is 0. The molecule has 0 radical (unpaired) electrons. The van der Waals surface area contributed by atoms with Crippen LogP contribution in [0.3, 0.4) is 0 Å². The van der Waals surface area contributed by atoms with Gasteiger partial charge in [-0.15, -0.1) is 0 Å². The summed E-state index contributed by atoms with van der Waals surface area (Å²) in [4.78, 5) is 0. The fourth-order valence-electron chi connectivity index (χ4n) is 5.92. The van der Waals surface area contributed by atoms with Crippen LogP contribution in [0.25, 0.3) is 22.3 Å². The minimum Gasteiger partial charge on any atom is -1.00 e. The molecule has 3 aliphatic carbocycles. The van der Waals surface area contributed by atoms with Gasteiger partial charge in [0.1, 0.15) is 0 Å². The Hall–Kier alpha value is -1.66. The minimum atomic E-state index is 0. The monoisotopic (exact) mass is 532 g/mol. The Labute approximate surface area is 221 Å². The molecule has 158 valence electrons. The van der Waals surface area contributed by atoms with E-state index in [-0.39, 0.29) is 51.0 Å². The third kappa shape index (κ3) is 3.64. The van der Waals surface area contributed by atoms with Crippen molar-refractivity contribution in [1.82, 2.24) is 0 Å². The van der Waals surface area contributed by atoms with Gasteiger partial charge in [0.25, 0.3) is 0 Å². The van der Waals surface area contributed by atoms with Crippen molar-refractivity contribution in [2.75, 3.05) is 0 Å². The van der Waals surface area contributed by atoms with E-state index < -0.39 is 0 Å². The Morgan fingerprint density at radius 1 is 0.719 bits per heavy atom. The molecule has 0 aliphatic heterocycles. The average molecular weight is 535 g/mol. The number of allylic oxidation sites excluding steroid dienone is 4. The Balaban J connectivity index is 0.000000963. The Bertz CT molecular complexity index is 1270. The summed E-state index contributed by atoms with van der Waals surface area (Å²) in [6.45, 7) is 2.37. The first kappa shape index (κ1) is 25.0. The van der Waals surface area contributed by atoms with Gasteiger partial charge in [0.15, 0.2) is 0 Å². The molecule has 0 saturated heterocycles. The number of hydrogen-bond acceptors (Lipinski definition) is 0. The normalized spacial score (nSPS) is 17.8. The molecule has 0 aromatic heterocycles. The maximum atomic E-state index is 2.40. The van der Waals surface area contributed by atoms with Gasteiger partial charge in [0, 0.05) is 11.8 Å². The quantitative estimate of drug-likeness (QED) is 0.429. The van der Waals surface area contributed by atoms with Crippen LogP contribution in [0, 0.1) is 11.8 Å². The van der Waals surface area contributed by atoms with Gasteiger partial charge in [-0.25, -0.2) is 0 Å². The van der Waals surface area contributed by atoms with Crippen molar-refractivity contribution in [2.24, 2.45) is 11.8 Å². The molecule has 3 aromatic rings. The third-order valence-corrected chi connectivity index (χ3v) is 7.03. The van der Waals surface area contributed by atoms with Crippen molar-refractivity contribution < 1.29 is 51.0 Å². The number of halogens is 2. The number of hydrogen-bond donors (Lipinski definition) is 0. The van der Waals surface area contributed by atoms with E-state index in [4.69, 9.17) is 0 Å². The first-order chi connectivity index (χ1) is 14.4. The van der Waals surface area contributed by atoms with Crippen LogP contribution in [0.1, 0.15) is 30.4 Å². The van der Waals surface area contributed by atoms with Crippen LogP contribution in [0.5, 0.6) is 0 Å². The summed E-state index contributed by atoms with van der Waals surface area (Å²) in [5.74, 6) is 1.32. The largest absolute Gasteiger partial charge is 2.00 e. The second kappa shape index (κ2) is 10.1. The van der Waals surface area contributed by atoms with Crippen molar-refractivity contribution in [1.29, 1.82) is 0 Å². The van der Waals surface area contributed by atoms with Gasteiger partial charge in [-0.3, -0.25) is 0 Å². The van der Waals surface area contributed by atoms with Gasteiger partial charge in [-0.2, -0.15) is 0 Å². The summed E-state index contributed by atoms with van der Waals surface area (Å²) in [5, 5.41) is 2.88. The molecule has 0 spiro atoms. The molecule has 0 N–H and O–H groups in total. The summed E-state index contributed by atoms with van der Waals surface area (Å²) in [5.41, 5.74) is 8.90. The van der Waals surface area contributed by atoms with Crippen LogP contribution < -0.4 is 35.3 Å². The Morgan fingerprint density at radius 3 is 1.91 bits per heavy atom. The summed E-state index contributed by atoms with van der Waals surface area (Å²) in [6.07, 6.45) is 10.3. The van der Waals surface area contributed by atoms with Crippen LogP contribution in [0.2, 0.25) is 0 Å². The zero-order valence-electron chi connectivity index (χ0n) is 17.9. The molecule has 0 fully saturated rings. The summed E-state index contributed by atoms with van der Waals surface area (Å²) < 4.78 is 0. The summed E-state index contributed by atoms with van der Waals surface area (Å²) >= 11 is 0. The smallest absolute Gasteiger partial charge is 1.00 e. The number of fused-ring (bicyclic) bond motifs is 5. The molecule has 3 aliphatic rings. The molecule has 0 bridgehead atoms. The van der Waals surface area contributed by atoms with Gasteiger partial charge >= 0.3 is 26.2 Å². The second-order valence-corrected chi connectivity index (χ2v) is 8.34. The predicted octanol–water partition coefficient (Wildman–Crippen LogP) is -0.412. The molecule has 2 unspecified atom stereocenters. The van der Waals surface area contributed by atoms with Crippen molar-refractivity contribution in [3.63, 3.8) is 0 Å². The van der Waals surface area contributed by atoms with E-state index in [0.717, 1.165) is 6.42 Å². The summed E-state index contributed by atoms with van der Waals surface area (Å²) in [6, 6.07) is 27.1. The Kier molecular flexibility index (Phi) is 7.87. The maximum Gasteiger partial charge on any atom is 2.00 e. The van der Waals surface area contributed by atoms with E-state index in [1.54, 1.807) is 5.57 Å². The second-order valence-electron chi connectivity index (χ2n) is 8.34. The SMILES string of the molecule is CCC(C1=c2ccccc2=C2C=CC=CC21)C1c2ccccc2-c2ccccc21.[Cl-].[Cl-].[Zr+2]. The molecular formula is C29H24Cl2Zr. The number of benzene rings is 3. The van der Waals surface area contributed by atoms with Gasteiger partial charge < -0.3 is 24.8 Å². The average Bonchev–Trinajstić information content (AvgIpc) is 3.29. The molecule has 6 rings (SSSR count). The zero-order valence-corrected chi connectivity index (χ0v) is 21.9. The first-order valence-electron chi connectivity index (χ1n) is 10.7. The molecular weight excluding hydrogens is 510 g/mol. The molecule has 2 atom stereocenters. The van der Waals surface area contributed by atoms with Gasteiger partial charge in [0.2, 0.25) is 0 Å². The molecule has 0 heterocycles. The molecule has 3 heteroatoms. The standard InChI is InChI=1S/C29H24.2ClH.Zr/c1-2-19(28-24-15-7-3-11-20(24)21-12-4-8-16-25(21)28)29-26-17-9-5-13-22(26)23-14-6-10-18-27(23)29;;;/h3-19,24,29H,2H2,1H3;2*1H;/q;;;+2/p-2.